The van der Waals surface area contributed by atoms with E-state index in [1.165, 1.54) is 24.1 Å². The molecule has 1 aromatic heterocycles. The van der Waals surface area contributed by atoms with E-state index in [2.05, 4.69) is 29.8 Å². The molecule has 2 heterocycles. The van der Waals surface area contributed by atoms with Crippen molar-refractivity contribution in [2.24, 2.45) is 10.1 Å². The molecule has 1 fully saturated rings. The van der Waals surface area contributed by atoms with Gasteiger partial charge >= 0.3 is 0 Å². The van der Waals surface area contributed by atoms with Gasteiger partial charge in [-0.25, -0.2) is 9.67 Å². The number of nitrogens with one attached hydrogen (secondary N) is 1. The lowest BCUT2D eigenvalue weighted by atomic mass is 10.1. The maximum absolute atomic E-state index is 11.7. The minimum absolute atomic E-state index is 0.0535. The SMILES string of the molecule is Cc1cccc(N=c2scc(-c3ccc4c(c3)NC(=O)CO4)n2N=C2CCCC2)c1. The van der Waals surface area contributed by atoms with E-state index in [0.29, 0.717) is 11.4 Å². The summed E-state index contributed by atoms with van der Waals surface area (Å²) in [7, 11) is 0. The van der Waals surface area contributed by atoms with Crippen molar-refractivity contribution in [2.75, 3.05) is 11.9 Å². The lowest BCUT2D eigenvalue weighted by Gasteiger charge is -2.18. The summed E-state index contributed by atoms with van der Waals surface area (Å²) in [5, 5.41) is 9.93. The van der Waals surface area contributed by atoms with E-state index >= 15 is 0 Å². The minimum atomic E-state index is -0.140. The Balaban J connectivity index is 1.64. The number of thiazole rings is 1. The molecule has 0 unspecified atom stereocenters. The van der Waals surface area contributed by atoms with Crippen LogP contribution in [0.4, 0.5) is 11.4 Å². The number of hydrogen-bond acceptors (Lipinski definition) is 5. The third-order valence-electron chi connectivity index (χ3n) is 5.24. The van der Waals surface area contributed by atoms with E-state index in [-0.39, 0.29) is 12.5 Å². The van der Waals surface area contributed by atoms with Gasteiger partial charge in [-0.2, -0.15) is 5.10 Å². The Hall–Kier alpha value is -3.19. The van der Waals surface area contributed by atoms with Crippen LogP contribution in [0.2, 0.25) is 0 Å². The second-order valence-electron chi connectivity index (χ2n) is 7.59. The number of carbonyl (C=O) groups is 1. The van der Waals surface area contributed by atoms with Crippen LogP contribution >= 0.6 is 11.3 Å². The Kier molecular flexibility index (Phi) is 4.96. The monoisotopic (exact) mass is 418 g/mol. The first-order valence-corrected chi connectivity index (χ1v) is 11.0. The number of aromatic nitrogens is 1. The van der Waals surface area contributed by atoms with Gasteiger partial charge < -0.3 is 10.1 Å². The molecular formula is C23H22N4O2S. The predicted molar refractivity (Wildman–Crippen MR) is 120 cm³/mol. The zero-order valence-electron chi connectivity index (χ0n) is 16.7. The van der Waals surface area contributed by atoms with Crippen molar-refractivity contribution in [3.05, 3.63) is 58.2 Å². The van der Waals surface area contributed by atoms with Gasteiger partial charge in [0.25, 0.3) is 5.91 Å². The van der Waals surface area contributed by atoms with Crippen LogP contribution in [0.25, 0.3) is 11.3 Å². The molecule has 0 bridgehead atoms. The molecule has 1 aliphatic carbocycles. The second-order valence-corrected chi connectivity index (χ2v) is 8.42. The Morgan fingerprint density at radius 1 is 1.13 bits per heavy atom. The predicted octanol–water partition coefficient (Wildman–Crippen LogP) is 4.87. The lowest BCUT2D eigenvalue weighted by Crippen LogP contribution is -2.25. The van der Waals surface area contributed by atoms with E-state index in [1.54, 1.807) is 11.3 Å². The van der Waals surface area contributed by atoms with Crippen LogP contribution in [0.15, 0.2) is 57.9 Å². The van der Waals surface area contributed by atoms with Gasteiger partial charge in [-0.15, -0.1) is 11.3 Å². The Labute approximate surface area is 178 Å². The lowest BCUT2D eigenvalue weighted by molar-refractivity contribution is -0.118. The van der Waals surface area contributed by atoms with E-state index in [4.69, 9.17) is 14.8 Å². The summed E-state index contributed by atoms with van der Waals surface area (Å²) in [6.07, 6.45) is 4.43. The van der Waals surface area contributed by atoms with E-state index in [9.17, 15) is 4.79 Å². The van der Waals surface area contributed by atoms with Crippen molar-refractivity contribution in [3.8, 4) is 17.0 Å². The normalized spacial score (nSPS) is 16.2. The van der Waals surface area contributed by atoms with Gasteiger partial charge in [0, 0.05) is 16.7 Å². The number of rotatable bonds is 3. The molecular weight excluding hydrogens is 396 g/mol. The highest BCUT2D eigenvalue weighted by Gasteiger charge is 2.18. The Morgan fingerprint density at radius 2 is 2.00 bits per heavy atom. The summed E-state index contributed by atoms with van der Waals surface area (Å²) in [5.74, 6) is 0.547. The first-order chi connectivity index (χ1) is 14.7. The fourth-order valence-corrected chi connectivity index (χ4v) is 4.60. The zero-order valence-corrected chi connectivity index (χ0v) is 17.5. The number of nitrogens with zero attached hydrogens (tertiary/aromatic N) is 3. The Morgan fingerprint density at radius 3 is 2.83 bits per heavy atom. The van der Waals surface area contributed by atoms with Crippen LogP contribution in [-0.2, 0) is 4.79 Å². The molecule has 1 aliphatic heterocycles. The summed E-state index contributed by atoms with van der Waals surface area (Å²) in [4.78, 5) is 17.4. The Bertz CT molecular complexity index is 1210. The topological polar surface area (TPSA) is 68.0 Å². The summed E-state index contributed by atoms with van der Waals surface area (Å²) < 4.78 is 7.44. The molecule has 0 atom stereocenters. The highest BCUT2D eigenvalue weighted by Crippen LogP contribution is 2.33. The van der Waals surface area contributed by atoms with Gasteiger partial charge in [-0.05, 0) is 68.5 Å². The van der Waals surface area contributed by atoms with Crippen molar-refractivity contribution < 1.29 is 9.53 Å². The molecule has 2 aliphatic rings. The van der Waals surface area contributed by atoms with Crippen molar-refractivity contribution in [3.63, 3.8) is 0 Å². The minimum Gasteiger partial charge on any atom is -0.482 e. The van der Waals surface area contributed by atoms with Crippen LogP contribution in [0.3, 0.4) is 0 Å². The molecule has 6 nitrogen and oxygen atoms in total. The number of aryl methyl sites for hydroxylation is 1. The second kappa shape index (κ2) is 7.91. The first kappa shape index (κ1) is 18.8. The molecule has 1 N–H and O–H groups in total. The van der Waals surface area contributed by atoms with Crippen LogP contribution in [0.5, 0.6) is 5.75 Å². The fourth-order valence-electron chi connectivity index (χ4n) is 3.75. The molecule has 1 saturated carbocycles. The number of carbonyl (C=O) groups excluding carboxylic acids is 1. The van der Waals surface area contributed by atoms with Crippen LogP contribution in [0.1, 0.15) is 31.2 Å². The standard InChI is InChI=1S/C23H22N4O2S/c1-15-5-4-8-18(11-15)24-23-27(26-17-6-2-3-7-17)20(14-30-23)16-9-10-21-19(12-16)25-22(28)13-29-21/h4-5,8-12,14H,2-3,6-7,13H2,1H3,(H,25,28). The molecule has 30 heavy (non-hydrogen) atoms. The maximum Gasteiger partial charge on any atom is 0.262 e. The van der Waals surface area contributed by atoms with Crippen molar-refractivity contribution >= 4 is 34.3 Å². The average Bonchev–Trinajstić information content (AvgIpc) is 3.38. The van der Waals surface area contributed by atoms with Gasteiger partial charge in [-0.3, -0.25) is 4.79 Å². The van der Waals surface area contributed by atoms with E-state index < -0.39 is 0 Å². The quantitative estimate of drug-likeness (QED) is 0.660. The van der Waals surface area contributed by atoms with Crippen LogP contribution in [0, 0.1) is 6.92 Å². The highest BCUT2D eigenvalue weighted by atomic mass is 32.1. The smallest absolute Gasteiger partial charge is 0.262 e. The van der Waals surface area contributed by atoms with Crippen molar-refractivity contribution in [1.29, 1.82) is 0 Å². The summed E-state index contributed by atoms with van der Waals surface area (Å²) in [6, 6.07) is 14.0. The zero-order chi connectivity index (χ0) is 20.5. The first-order valence-electron chi connectivity index (χ1n) is 10.1. The maximum atomic E-state index is 11.7. The third-order valence-corrected chi connectivity index (χ3v) is 6.06. The van der Waals surface area contributed by atoms with Gasteiger partial charge in [-0.1, -0.05) is 12.1 Å². The van der Waals surface area contributed by atoms with Crippen LogP contribution in [-0.4, -0.2) is 22.9 Å². The fraction of sp³-hybridized carbons (Fsp3) is 0.261. The molecule has 152 valence electrons. The number of ether oxygens (including phenoxy) is 1. The summed E-state index contributed by atoms with van der Waals surface area (Å²) >= 11 is 1.56. The largest absolute Gasteiger partial charge is 0.482 e. The van der Waals surface area contributed by atoms with E-state index in [0.717, 1.165) is 34.6 Å². The van der Waals surface area contributed by atoms with Gasteiger partial charge in [0.05, 0.1) is 17.1 Å². The average molecular weight is 419 g/mol. The van der Waals surface area contributed by atoms with E-state index in [1.807, 2.05) is 35.0 Å². The molecule has 2 aromatic carbocycles. The van der Waals surface area contributed by atoms with Gasteiger partial charge in [0.15, 0.2) is 6.61 Å². The number of amides is 1. The van der Waals surface area contributed by atoms with Gasteiger partial charge in [0.2, 0.25) is 4.80 Å². The molecule has 5 rings (SSSR count). The number of hydrogen-bond donors (Lipinski definition) is 1. The number of fused-ring (bicyclic) bond motifs is 1. The summed E-state index contributed by atoms with van der Waals surface area (Å²) in [6.45, 7) is 2.12. The van der Waals surface area contributed by atoms with Crippen molar-refractivity contribution in [1.82, 2.24) is 4.68 Å². The summed E-state index contributed by atoms with van der Waals surface area (Å²) in [5.41, 5.74) is 5.89. The third kappa shape index (κ3) is 3.80. The van der Waals surface area contributed by atoms with Crippen molar-refractivity contribution in [2.45, 2.75) is 32.6 Å². The van der Waals surface area contributed by atoms with Gasteiger partial charge in [0.1, 0.15) is 5.75 Å². The molecule has 7 heteroatoms. The molecule has 0 radical (unpaired) electrons. The highest BCUT2D eigenvalue weighted by molar-refractivity contribution is 7.07. The molecule has 3 aromatic rings. The number of anilines is 1. The molecule has 1 amide bonds. The molecule has 0 saturated heterocycles. The number of benzene rings is 2. The molecule has 0 spiro atoms. The van der Waals surface area contributed by atoms with Crippen LogP contribution < -0.4 is 14.9 Å².